The number of aryl methyl sites for hydroxylation is 1. The molecule has 1 fully saturated rings. The average molecular weight is 423 g/mol. The van der Waals surface area contributed by atoms with E-state index in [4.69, 9.17) is 0 Å². The van der Waals surface area contributed by atoms with Crippen LogP contribution in [0.4, 0.5) is 5.69 Å². The third-order valence-corrected chi connectivity index (χ3v) is 6.09. The number of carbonyl (C=O) groups excluding carboxylic acids is 1. The van der Waals surface area contributed by atoms with E-state index in [0.717, 1.165) is 18.4 Å². The minimum absolute atomic E-state index is 0.0301. The molecule has 7 heteroatoms. The van der Waals surface area contributed by atoms with Gasteiger partial charge in [0.25, 0.3) is 0 Å². The monoisotopic (exact) mass is 422 g/mol. The van der Waals surface area contributed by atoms with Gasteiger partial charge in [-0.3, -0.25) is 4.79 Å². The van der Waals surface area contributed by atoms with E-state index in [0.29, 0.717) is 15.7 Å². The van der Waals surface area contributed by atoms with E-state index in [-0.39, 0.29) is 23.3 Å². The van der Waals surface area contributed by atoms with Crippen molar-refractivity contribution in [2.75, 3.05) is 5.32 Å². The van der Waals surface area contributed by atoms with Crippen molar-refractivity contribution >= 4 is 37.5 Å². The van der Waals surface area contributed by atoms with Crippen molar-refractivity contribution in [2.24, 2.45) is 5.92 Å². The van der Waals surface area contributed by atoms with Crippen molar-refractivity contribution in [2.45, 2.75) is 31.2 Å². The highest BCUT2D eigenvalue weighted by Gasteiger charge is 2.29. The van der Waals surface area contributed by atoms with Gasteiger partial charge in [-0.05, 0) is 55.2 Å². The summed E-state index contributed by atoms with van der Waals surface area (Å²) >= 11 is 3.30. The zero-order chi connectivity index (χ0) is 18.0. The predicted octanol–water partition coefficient (Wildman–Crippen LogP) is 3.58. The van der Waals surface area contributed by atoms with Gasteiger partial charge < -0.3 is 5.32 Å². The smallest absolute Gasteiger partial charge is 0.241 e. The Labute approximate surface area is 156 Å². The Morgan fingerprint density at radius 1 is 1.20 bits per heavy atom. The molecule has 0 spiro atoms. The van der Waals surface area contributed by atoms with Crippen molar-refractivity contribution in [1.82, 2.24) is 4.72 Å². The van der Waals surface area contributed by atoms with Crippen LogP contribution in [0.3, 0.4) is 0 Å². The number of halogens is 1. The first-order valence-electron chi connectivity index (χ1n) is 8.01. The van der Waals surface area contributed by atoms with Crippen LogP contribution in [0.25, 0.3) is 0 Å². The number of nitrogens with one attached hydrogen (secondary N) is 2. The van der Waals surface area contributed by atoms with Crippen LogP contribution in [0, 0.1) is 12.8 Å². The maximum absolute atomic E-state index is 12.5. The molecule has 1 amide bonds. The van der Waals surface area contributed by atoms with Crippen LogP contribution in [0.1, 0.15) is 24.0 Å². The third-order valence-electron chi connectivity index (χ3n) is 4.05. The van der Waals surface area contributed by atoms with Gasteiger partial charge in [0.1, 0.15) is 0 Å². The molecule has 0 aliphatic heterocycles. The summed E-state index contributed by atoms with van der Waals surface area (Å²) in [4.78, 5) is 12.1. The number of anilines is 1. The maximum Gasteiger partial charge on any atom is 0.241 e. The van der Waals surface area contributed by atoms with Gasteiger partial charge in [-0.15, -0.1) is 0 Å². The largest absolute Gasteiger partial charge is 0.326 e. The minimum atomic E-state index is -3.62. The molecule has 2 N–H and O–H groups in total. The first kappa shape index (κ1) is 18.1. The van der Waals surface area contributed by atoms with Crippen LogP contribution in [-0.4, -0.2) is 14.3 Å². The lowest BCUT2D eigenvalue weighted by Gasteiger charge is -2.11. The summed E-state index contributed by atoms with van der Waals surface area (Å²) in [6.45, 7) is 1.91. The molecule has 0 atom stereocenters. The summed E-state index contributed by atoms with van der Waals surface area (Å²) in [5.41, 5.74) is 2.15. The molecule has 1 saturated carbocycles. The molecule has 25 heavy (non-hydrogen) atoms. The van der Waals surface area contributed by atoms with E-state index in [1.807, 2.05) is 6.07 Å². The summed E-state index contributed by atoms with van der Waals surface area (Å²) in [6, 6.07) is 12.4. The zero-order valence-electron chi connectivity index (χ0n) is 13.8. The molecule has 0 radical (unpaired) electrons. The summed E-state index contributed by atoms with van der Waals surface area (Å²) in [7, 11) is -3.62. The molecule has 0 aromatic heterocycles. The van der Waals surface area contributed by atoms with Gasteiger partial charge in [0.05, 0.1) is 4.90 Å². The Hall–Kier alpha value is -1.70. The molecule has 1 aliphatic carbocycles. The predicted molar refractivity (Wildman–Crippen MR) is 101 cm³/mol. The molecule has 0 heterocycles. The molecule has 1 aliphatic rings. The number of hydrogen-bond acceptors (Lipinski definition) is 3. The fraction of sp³-hybridized carbons (Fsp3) is 0.278. The van der Waals surface area contributed by atoms with E-state index in [2.05, 4.69) is 26.0 Å². The highest BCUT2D eigenvalue weighted by atomic mass is 79.9. The average Bonchev–Trinajstić information content (AvgIpc) is 3.41. The first-order chi connectivity index (χ1) is 11.8. The second-order valence-electron chi connectivity index (χ2n) is 6.20. The Morgan fingerprint density at radius 2 is 1.96 bits per heavy atom. The van der Waals surface area contributed by atoms with Gasteiger partial charge in [-0.1, -0.05) is 34.1 Å². The quantitative estimate of drug-likeness (QED) is 0.746. The molecule has 2 aromatic carbocycles. The topological polar surface area (TPSA) is 75.3 Å². The molecular formula is C18H19BrN2O3S. The van der Waals surface area contributed by atoms with Crippen molar-refractivity contribution in [3.8, 4) is 0 Å². The minimum Gasteiger partial charge on any atom is -0.326 e. The highest BCUT2D eigenvalue weighted by Crippen LogP contribution is 2.30. The fourth-order valence-corrected chi connectivity index (χ4v) is 4.27. The Kier molecular flexibility index (Phi) is 5.27. The molecule has 132 valence electrons. The Balaban J connectivity index is 1.70. The van der Waals surface area contributed by atoms with Crippen molar-refractivity contribution in [1.29, 1.82) is 0 Å². The molecule has 2 aromatic rings. The lowest BCUT2D eigenvalue weighted by molar-refractivity contribution is -0.117. The summed E-state index contributed by atoms with van der Waals surface area (Å²) in [5.74, 6) is 0.157. The Bertz CT molecular complexity index is 908. The fourth-order valence-electron chi connectivity index (χ4n) is 2.47. The second kappa shape index (κ2) is 7.27. The number of sulfonamides is 1. The molecule has 3 rings (SSSR count). The maximum atomic E-state index is 12.5. The number of amides is 1. The lowest BCUT2D eigenvalue weighted by atomic mass is 10.2. The normalized spacial score (nSPS) is 14.3. The number of benzene rings is 2. The molecule has 0 bridgehead atoms. The van der Waals surface area contributed by atoms with Crippen LogP contribution in [0.5, 0.6) is 0 Å². The van der Waals surface area contributed by atoms with E-state index in [9.17, 15) is 13.2 Å². The second-order valence-corrected chi connectivity index (χ2v) is 8.85. The van der Waals surface area contributed by atoms with E-state index in [1.54, 1.807) is 43.3 Å². The van der Waals surface area contributed by atoms with E-state index in [1.165, 1.54) is 0 Å². The van der Waals surface area contributed by atoms with Gasteiger partial charge in [-0.25, -0.2) is 13.1 Å². The van der Waals surface area contributed by atoms with Crippen LogP contribution in [0.2, 0.25) is 0 Å². The van der Waals surface area contributed by atoms with E-state index >= 15 is 0 Å². The SMILES string of the molecule is Cc1ccc(Br)cc1S(=O)(=O)NCc1cccc(NC(=O)C2CC2)c1. The van der Waals surface area contributed by atoms with Gasteiger partial charge in [-0.2, -0.15) is 0 Å². The summed E-state index contributed by atoms with van der Waals surface area (Å²) in [6.07, 6.45) is 1.88. The highest BCUT2D eigenvalue weighted by molar-refractivity contribution is 9.10. The van der Waals surface area contributed by atoms with Gasteiger partial charge in [0.2, 0.25) is 15.9 Å². The molecular weight excluding hydrogens is 404 g/mol. The van der Waals surface area contributed by atoms with Crippen LogP contribution in [-0.2, 0) is 21.4 Å². The van der Waals surface area contributed by atoms with Crippen molar-refractivity contribution < 1.29 is 13.2 Å². The van der Waals surface area contributed by atoms with Crippen LogP contribution < -0.4 is 10.0 Å². The van der Waals surface area contributed by atoms with Crippen LogP contribution in [0.15, 0.2) is 51.8 Å². The van der Waals surface area contributed by atoms with Gasteiger partial charge in [0, 0.05) is 22.6 Å². The molecule has 0 saturated heterocycles. The van der Waals surface area contributed by atoms with Crippen molar-refractivity contribution in [3.63, 3.8) is 0 Å². The zero-order valence-corrected chi connectivity index (χ0v) is 16.2. The van der Waals surface area contributed by atoms with Crippen LogP contribution >= 0.6 is 15.9 Å². The molecule has 0 unspecified atom stereocenters. The molecule has 5 nitrogen and oxygen atoms in total. The summed E-state index contributed by atoms with van der Waals surface area (Å²) in [5, 5.41) is 2.87. The number of rotatable bonds is 6. The standard InChI is InChI=1S/C18H19BrN2O3S/c1-12-5-8-15(19)10-17(12)25(23,24)20-11-13-3-2-4-16(9-13)21-18(22)14-6-7-14/h2-5,8-10,14,20H,6-7,11H2,1H3,(H,21,22). The Morgan fingerprint density at radius 3 is 2.68 bits per heavy atom. The number of hydrogen-bond donors (Lipinski definition) is 2. The number of carbonyl (C=O) groups is 1. The first-order valence-corrected chi connectivity index (χ1v) is 10.3. The summed E-state index contributed by atoms with van der Waals surface area (Å²) < 4.78 is 28.4. The van der Waals surface area contributed by atoms with Gasteiger partial charge >= 0.3 is 0 Å². The third kappa shape index (κ3) is 4.68. The lowest BCUT2D eigenvalue weighted by Crippen LogP contribution is -2.24. The van der Waals surface area contributed by atoms with Crippen molar-refractivity contribution in [3.05, 3.63) is 58.1 Å². The van der Waals surface area contributed by atoms with Gasteiger partial charge in [0.15, 0.2) is 0 Å². The van der Waals surface area contributed by atoms with E-state index < -0.39 is 10.0 Å².